The summed E-state index contributed by atoms with van der Waals surface area (Å²) < 4.78 is 16.6. The lowest BCUT2D eigenvalue weighted by Gasteiger charge is -2.23. The van der Waals surface area contributed by atoms with Crippen molar-refractivity contribution < 1.29 is 24.1 Å². The lowest BCUT2D eigenvalue weighted by Crippen LogP contribution is -2.35. The molecule has 0 spiro atoms. The summed E-state index contributed by atoms with van der Waals surface area (Å²) in [6.45, 7) is 3.57. The molecule has 0 atom stereocenters. The number of hydrogen-bond donors (Lipinski definition) is 1. The number of aromatic hydroxyl groups is 1. The Morgan fingerprint density at radius 2 is 1.68 bits per heavy atom. The van der Waals surface area contributed by atoms with Gasteiger partial charge in [0.15, 0.2) is 23.0 Å². The lowest BCUT2D eigenvalue weighted by atomic mass is 10.0. The monoisotopic (exact) mass is 518 g/mol. The molecule has 3 aromatic carbocycles. The van der Waals surface area contributed by atoms with Gasteiger partial charge in [0, 0.05) is 19.6 Å². The lowest BCUT2D eigenvalue weighted by molar-refractivity contribution is -0.130. The highest BCUT2D eigenvalue weighted by Gasteiger charge is 2.22. The van der Waals surface area contributed by atoms with Crippen LogP contribution >= 0.6 is 0 Å². The number of phenols is 1. The van der Waals surface area contributed by atoms with E-state index in [1.165, 1.54) is 5.56 Å². The minimum atomic E-state index is 0.122. The second-order valence-corrected chi connectivity index (χ2v) is 9.77. The number of fused-ring (bicyclic) bond motifs is 1. The highest BCUT2D eigenvalue weighted by Crippen LogP contribution is 2.32. The van der Waals surface area contributed by atoms with Crippen molar-refractivity contribution in [3.63, 3.8) is 0 Å². The van der Waals surface area contributed by atoms with Crippen molar-refractivity contribution in [1.82, 2.24) is 9.80 Å². The third-order valence-electron chi connectivity index (χ3n) is 7.06. The van der Waals surface area contributed by atoms with Gasteiger partial charge in [-0.15, -0.1) is 0 Å². The highest BCUT2D eigenvalue weighted by atomic mass is 16.5. The van der Waals surface area contributed by atoms with Crippen LogP contribution in [-0.4, -0.2) is 68.3 Å². The first kappa shape index (κ1) is 27.3. The first-order chi connectivity index (χ1) is 18.5. The summed E-state index contributed by atoms with van der Waals surface area (Å²) in [7, 11) is 5.40. The molecule has 38 heavy (non-hydrogen) atoms. The van der Waals surface area contributed by atoms with Crippen molar-refractivity contribution in [2.75, 3.05) is 47.4 Å². The third-order valence-corrected chi connectivity index (χ3v) is 7.06. The van der Waals surface area contributed by atoms with E-state index in [0.29, 0.717) is 25.3 Å². The minimum Gasteiger partial charge on any atom is -0.504 e. The first-order valence-corrected chi connectivity index (χ1v) is 13.2. The molecular formula is C31H38N2O5. The molecule has 1 N–H and O–H groups in total. The van der Waals surface area contributed by atoms with E-state index < -0.39 is 0 Å². The maximum atomic E-state index is 13.0. The van der Waals surface area contributed by atoms with Crippen molar-refractivity contribution >= 4 is 5.91 Å². The van der Waals surface area contributed by atoms with E-state index in [-0.39, 0.29) is 11.7 Å². The van der Waals surface area contributed by atoms with Crippen molar-refractivity contribution in [2.45, 2.75) is 32.3 Å². The number of likely N-dealkylation sites (N-methyl/N-ethyl adjacent to an activating group) is 1. The normalized spacial score (nSPS) is 13.3. The number of ether oxygens (including phenoxy) is 3. The van der Waals surface area contributed by atoms with Gasteiger partial charge in [0.2, 0.25) is 5.91 Å². The van der Waals surface area contributed by atoms with Crippen LogP contribution < -0.4 is 14.2 Å². The van der Waals surface area contributed by atoms with Gasteiger partial charge in [-0.2, -0.15) is 0 Å². The van der Waals surface area contributed by atoms with Crippen LogP contribution in [0.2, 0.25) is 0 Å². The van der Waals surface area contributed by atoms with E-state index in [1.807, 2.05) is 53.4 Å². The van der Waals surface area contributed by atoms with Gasteiger partial charge >= 0.3 is 0 Å². The average molecular weight is 519 g/mol. The summed E-state index contributed by atoms with van der Waals surface area (Å²) in [5, 5.41) is 10.5. The van der Waals surface area contributed by atoms with E-state index in [9.17, 15) is 9.90 Å². The zero-order valence-electron chi connectivity index (χ0n) is 22.6. The highest BCUT2D eigenvalue weighted by molar-refractivity contribution is 5.80. The number of carbonyl (C=O) groups excluding carboxylic acids is 1. The van der Waals surface area contributed by atoms with E-state index >= 15 is 0 Å². The summed E-state index contributed by atoms with van der Waals surface area (Å²) in [5.41, 5.74) is 4.17. The number of rotatable bonds is 12. The van der Waals surface area contributed by atoms with Crippen LogP contribution in [0.25, 0.3) is 0 Å². The van der Waals surface area contributed by atoms with Gasteiger partial charge in [-0.05, 0) is 79.4 Å². The van der Waals surface area contributed by atoms with Crippen LogP contribution in [0.1, 0.15) is 28.7 Å². The predicted octanol–water partition coefficient (Wildman–Crippen LogP) is 4.48. The standard InChI is InChI=1S/C31H38N2O5/c1-32(16-12-23-10-11-28(36-2)30(18-23)37-3)14-7-15-33-17-13-25-19-27(34)29(20-26(25)21-31(33)35)38-22-24-8-5-4-6-9-24/h4-6,8-11,18-20,34H,7,12-17,21-22H2,1-3H3. The Kier molecular flexibility index (Phi) is 9.49. The Balaban J connectivity index is 1.25. The molecule has 1 amide bonds. The number of methoxy groups -OCH3 is 2. The van der Waals surface area contributed by atoms with Gasteiger partial charge in [0.1, 0.15) is 6.61 Å². The van der Waals surface area contributed by atoms with E-state index in [4.69, 9.17) is 14.2 Å². The number of hydrogen-bond acceptors (Lipinski definition) is 6. The second-order valence-electron chi connectivity index (χ2n) is 9.77. The summed E-state index contributed by atoms with van der Waals surface area (Å²) in [6.07, 6.45) is 2.86. The van der Waals surface area contributed by atoms with Crippen LogP contribution in [0.15, 0.2) is 60.7 Å². The fraction of sp³-hybridized carbons (Fsp3) is 0.387. The van der Waals surface area contributed by atoms with E-state index in [0.717, 1.165) is 67.1 Å². The number of phenolic OH excluding ortho intramolecular Hbond substituents is 1. The largest absolute Gasteiger partial charge is 0.504 e. The van der Waals surface area contributed by atoms with E-state index in [2.05, 4.69) is 18.0 Å². The summed E-state index contributed by atoms with van der Waals surface area (Å²) in [4.78, 5) is 17.3. The molecule has 7 nitrogen and oxygen atoms in total. The summed E-state index contributed by atoms with van der Waals surface area (Å²) >= 11 is 0. The molecule has 0 saturated heterocycles. The smallest absolute Gasteiger partial charge is 0.227 e. The van der Waals surface area contributed by atoms with Gasteiger partial charge in [-0.3, -0.25) is 4.79 Å². The first-order valence-electron chi connectivity index (χ1n) is 13.2. The van der Waals surface area contributed by atoms with Gasteiger partial charge in [0.05, 0.1) is 20.6 Å². The number of benzene rings is 3. The maximum Gasteiger partial charge on any atom is 0.227 e. The molecule has 4 rings (SSSR count). The molecule has 1 aliphatic heterocycles. The molecule has 0 bridgehead atoms. The maximum absolute atomic E-state index is 13.0. The fourth-order valence-corrected chi connectivity index (χ4v) is 4.79. The molecule has 1 heterocycles. The quantitative estimate of drug-likeness (QED) is 0.381. The minimum absolute atomic E-state index is 0.122. The SMILES string of the molecule is COc1ccc(CCN(C)CCCN2CCc3cc(O)c(OCc4ccccc4)cc3CC2=O)cc1OC. The van der Waals surface area contributed by atoms with Crippen LogP contribution in [0.5, 0.6) is 23.0 Å². The molecule has 0 radical (unpaired) electrons. The zero-order chi connectivity index (χ0) is 26.9. The molecule has 7 heteroatoms. The molecule has 3 aromatic rings. The molecule has 0 fully saturated rings. The zero-order valence-corrected chi connectivity index (χ0v) is 22.6. The second kappa shape index (κ2) is 13.2. The number of carbonyl (C=O) groups is 1. The Morgan fingerprint density at radius 1 is 0.895 bits per heavy atom. The summed E-state index contributed by atoms with van der Waals surface area (Å²) in [6, 6.07) is 19.5. The molecule has 0 unspecified atom stereocenters. The number of amides is 1. The van der Waals surface area contributed by atoms with Crippen LogP contribution in [-0.2, 0) is 30.7 Å². The fourth-order valence-electron chi connectivity index (χ4n) is 4.79. The molecular weight excluding hydrogens is 480 g/mol. The number of nitrogens with zero attached hydrogens (tertiary/aromatic N) is 2. The van der Waals surface area contributed by atoms with Gasteiger partial charge < -0.3 is 29.1 Å². The third kappa shape index (κ3) is 7.19. The topological polar surface area (TPSA) is 71.5 Å². The van der Waals surface area contributed by atoms with Crippen molar-refractivity contribution in [3.8, 4) is 23.0 Å². The van der Waals surface area contributed by atoms with Crippen LogP contribution in [0.4, 0.5) is 0 Å². The molecule has 0 saturated carbocycles. The molecule has 1 aliphatic rings. The van der Waals surface area contributed by atoms with Crippen LogP contribution in [0, 0.1) is 0 Å². The average Bonchev–Trinajstić information content (AvgIpc) is 3.08. The molecule has 0 aliphatic carbocycles. The van der Waals surface area contributed by atoms with Crippen molar-refractivity contribution in [2.24, 2.45) is 0 Å². The van der Waals surface area contributed by atoms with Crippen molar-refractivity contribution in [3.05, 3.63) is 82.9 Å². The van der Waals surface area contributed by atoms with E-state index in [1.54, 1.807) is 20.3 Å². The Labute approximate surface area is 225 Å². The molecule has 0 aromatic heterocycles. The Bertz CT molecular complexity index is 1210. The Hall–Kier alpha value is -3.71. The van der Waals surface area contributed by atoms with Gasteiger partial charge in [0.25, 0.3) is 0 Å². The van der Waals surface area contributed by atoms with Gasteiger partial charge in [-0.1, -0.05) is 36.4 Å². The Morgan fingerprint density at radius 3 is 2.45 bits per heavy atom. The molecule has 202 valence electrons. The predicted molar refractivity (Wildman–Crippen MR) is 148 cm³/mol. The summed E-state index contributed by atoms with van der Waals surface area (Å²) in [5.74, 6) is 2.15. The van der Waals surface area contributed by atoms with Crippen LogP contribution in [0.3, 0.4) is 0 Å². The van der Waals surface area contributed by atoms with Gasteiger partial charge in [-0.25, -0.2) is 0 Å². The van der Waals surface area contributed by atoms with Crippen molar-refractivity contribution in [1.29, 1.82) is 0 Å².